The predicted molar refractivity (Wildman–Crippen MR) is 262 cm³/mol. The highest BCUT2D eigenvalue weighted by Crippen LogP contribution is 2.15. The molecule has 0 radical (unpaired) electrons. The lowest BCUT2D eigenvalue weighted by atomic mass is 9.97. The van der Waals surface area contributed by atoms with Gasteiger partial charge in [0.05, 0.1) is 39.0 Å². The summed E-state index contributed by atoms with van der Waals surface area (Å²) in [6.45, 7) is 5.17. The highest BCUT2D eigenvalue weighted by Gasteiger charge is 2.25. The van der Waals surface area contributed by atoms with Gasteiger partial charge in [-0.05, 0) is 45.4 Å². The summed E-state index contributed by atoms with van der Waals surface area (Å²) in [5, 5.41) is 43.8. The van der Waals surface area contributed by atoms with Crippen LogP contribution in [0.25, 0.3) is 0 Å². The molecule has 3 amide bonds. The Hall–Kier alpha value is -4.86. The number of carboxylic acids is 4. The Kier molecular flexibility index (Phi) is 45.6. The van der Waals surface area contributed by atoms with Crippen LogP contribution in [-0.4, -0.2) is 151 Å². The van der Waals surface area contributed by atoms with Crippen LogP contribution in [0.3, 0.4) is 0 Å². The third-order valence-electron chi connectivity index (χ3n) is 11.1. The molecule has 0 aliphatic rings. The number of carbonyl (C=O) groups excluding carboxylic acids is 6. The van der Waals surface area contributed by atoms with Crippen LogP contribution in [0, 0.1) is 5.92 Å². The van der Waals surface area contributed by atoms with E-state index in [1.165, 1.54) is 51.9 Å². The molecule has 0 aromatic heterocycles. The number of hydrogen-bond acceptors (Lipinski definition) is 14. The molecule has 0 fully saturated rings. The number of amides is 3. The summed E-state index contributed by atoms with van der Waals surface area (Å²) in [5.41, 5.74) is 0. The standard InChI is InChI=1S/C29H53NO8.C21H34N2O10/c1-37-23-24-38-22-16-17-25(31)20-21-26(29(35)36)30-27(32)18-14-12-10-8-6-4-2-3-5-7-9-11-13-15-19-28(33)34;1-3-18(26)22-8-9-32-10-11-33-13-16(25)12-15(20(28)29)5-7-19(27)23-17(21(30)31)6-4-14(2)24/h26H,2-24H2,1H3,(H,30,32)(H,33,34)(H,35,36);15,17H,3-13H2,1-2H3,(H,22,26)(H,23,27)(H,28,29)(H,30,31)/t26-;15-,17+/m01/s1. The minimum absolute atomic E-state index is 0.00996. The molecule has 0 saturated heterocycles. The first-order chi connectivity index (χ1) is 33.9. The molecule has 3 atom stereocenters. The van der Waals surface area contributed by atoms with Gasteiger partial charge in [-0.1, -0.05) is 84.0 Å². The Morgan fingerprint density at radius 2 is 0.930 bits per heavy atom. The SMILES string of the molecule is CCC(=O)NCCOCCOCC(=O)C[C@@H](CCC(=O)N[C@@H](CCC(C)=O)C(=O)O)C(=O)O.COCCOCCCC(=O)CC[C@H](NC(=O)CCCCCCCCCCCCCCCCC(=O)O)C(=O)O. The van der Waals surface area contributed by atoms with Gasteiger partial charge in [0, 0.05) is 71.6 Å². The Morgan fingerprint density at radius 1 is 0.451 bits per heavy atom. The number of carbonyl (C=O) groups is 10. The van der Waals surface area contributed by atoms with Gasteiger partial charge in [-0.3, -0.25) is 33.6 Å². The minimum Gasteiger partial charge on any atom is -0.481 e. The zero-order valence-corrected chi connectivity index (χ0v) is 42.8. The number of methoxy groups -OCH3 is 1. The summed E-state index contributed by atoms with van der Waals surface area (Å²) in [6.07, 6.45) is 16.8. The van der Waals surface area contributed by atoms with Gasteiger partial charge in [-0.2, -0.15) is 0 Å². The molecular formula is C50H87N3O18. The number of aliphatic carboxylic acids is 4. The van der Waals surface area contributed by atoms with E-state index >= 15 is 0 Å². The van der Waals surface area contributed by atoms with E-state index in [1.54, 1.807) is 14.0 Å². The van der Waals surface area contributed by atoms with E-state index in [4.69, 9.17) is 29.2 Å². The van der Waals surface area contributed by atoms with Gasteiger partial charge < -0.3 is 60.1 Å². The number of nitrogens with one attached hydrogen (secondary N) is 3. The maximum absolute atomic E-state index is 12.2. The maximum atomic E-state index is 12.2. The van der Waals surface area contributed by atoms with Crippen molar-refractivity contribution in [2.45, 2.75) is 193 Å². The van der Waals surface area contributed by atoms with Gasteiger partial charge in [0.25, 0.3) is 0 Å². The molecule has 0 heterocycles. The third-order valence-corrected chi connectivity index (χ3v) is 11.1. The molecule has 71 heavy (non-hydrogen) atoms. The summed E-state index contributed by atoms with van der Waals surface area (Å²) in [6, 6.07) is -2.27. The molecule has 21 heteroatoms. The normalized spacial score (nSPS) is 12.1. The second-order valence-electron chi connectivity index (χ2n) is 17.5. The highest BCUT2D eigenvalue weighted by molar-refractivity contribution is 5.87. The van der Waals surface area contributed by atoms with Gasteiger partial charge in [0.15, 0.2) is 5.78 Å². The van der Waals surface area contributed by atoms with E-state index in [0.29, 0.717) is 58.7 Å². The fourth-order valence-corrected chi connectivity index (χ4v) is 6.87. The Morgan fingerprint density at radius 3 is 1.42 bits per heavy atom. The van der Waals surface area contributed by atoms with Crippen molar-refractivity contribution in [2.24, 2.45) is 5.92 Å². The van der Waals surface area contributed by atoms with Crippen LogP contribution in [-0.2, 0) is 66.9 Å². The van der Waals surface area contributed by atoms with Crippen molar-refractivity contribution in [1.29, 1.82) is 0 Å². The number of hydrogen-bond donors (Lipinski definition) is 7. The lowest BCUT2D eigenvalue weighted by molar-refractivity contribution is -0.145. The van der Waals surface area contributed by atoms with Crippen molar-refractivity contribution in [3.05, 3.63) is 0 Å². The lowest BCUT2D eigenvalue weighted by Gasteiger charge is -2.15. The smallest absolute Gasteiger partial charge is 0.326 e. The molecule has 410 valence electrons. The Labute approximate surface area is 420 Å². The Bertz CT molecular complexity index is 1530. The number of carboxylic acid groups (broad SMARTS) is 4. The zero-order valence-electron chi connectivity index (χ0n) is 42.8. The molecule has 0 spiro atoms. The summed E-state index contributed by atoms with van der Waals surface area (Å²) in [7, 11) is 1.59. The van der Waals surface area contributed by atoms with E-state index in [-0.39, 0.29) is 94.6 Å². The van der Waals surface area contributed by atoms with Crippen LogP contribution in [0.2, 0.25) is 0 Å². The van der Waals surface area contributed by atoms with Crippen LogP contribution >= 0.6 is 0 Å². The summed E-state index contributed by atoms with van der Waals surface area (Å²) < 4.78 is 20.6. The van der Waals surface area contributed by atoms with Gasteiger partial charge in [0.2, 0.25) is 17.7 Å². The summed E-state index contributed by atoms with van der Waals surface area (Å²) in [4.78, 5) is 115. The van der Waals surface area contributed by atoms with Gasteiger partial charge in [-0.25, -0.2) is 9.59 Å². The first kappa shape index (κ1) is 68.2. The predicted octanol–water partition coefficient (Wildman–Crippen LogP) is 5.60. The van der Waals surface area contributed by atoms with E-state index in [9.17, 15) is 58.2 Å². The highest BCUT2D eigenvalue weighted by atomic mass is 16.5. The molecule has 21 nitrogen and oxygen atoms in total. The zero-order chi connectivity index (χ0) is 53.5. The van der Waals surface area contributed by atoms with Crippen LogP contribution in [0.1, 0.15) is 181 Å². The van der Waals surface area contributed by atoms with Gasteiger partial charge in [0.1, 0.15) is 30.3 Å². The first-order valence-electron chi connectivity index (χ1n) is 25.4. The van der Waals surface area contributed by atoms with Crippen LogP contribution in [0.4, 0.5) is 0 Å². The molecule has 0 rings (SSSR count). The molecule has 0 aliphatic heterocycles. The van der Waals surface area contributed by atoms with E-state index in [2.05, 4.69) is 16.0 Å². The Balaban J connectivity index is 0. The lowest BCUT2D eigenvalue weighted by Crippen LogP contribution is -2.41. The van der Waals surface area contributed by atoms with Gasteiger partial charge >= 0.3 is 23.9 Å². The molecule has 0 aliphatic carbocycles. The molecule has 0 aromatic rings. The molecule has 0 unspecified atom stereocenters. The van der Waals surface area contributed by atoms with Crippen LogP contribution in [0.15, 0.2) is 0 Å². The number of rotatable bonds is 49. The molecular weight excluding hydrogens is 931 g/mol. The molecule has 0 aromatic carbocycles. The number of ketones is 3. The second kappa shape index (κ2) is 47.5. The largest absolute Gasteiger partial charge is 0.481 e. The molecule has 0 saturated carbocycles. The maximum Gasteiger partial charge on any atom is 0.326 e. The molecule has 7 N–H and O–H groups in total. The quantitative estimate of drug-likeness (QED) is 0.0365. The average Bonchev–Trinajstić information content (AvgIpc) is 3.31. The van der Waals surface area contributed by atoms with E-state index < -0.39 is 53.6 Å². The van der Waals surface area contributed by atoms with Crippen molar-refractivity contribution in [3.8, 4) is 0 Å². The fourth-order valence-electron chi connectivity index (χ4n) is 6.87. The van der Waals surface area contributed by atoms with E-state index in [1.807, 2.05) is 0 Å². The van der Waals surface area contributed by atoms with Crippen molar-refractivity contribution < 1.29 is 87.3 Å². The summed E-state index contributed by atoms with van der Waals surface area (Å²) in [5.74, 6) is -7.18. The van der Waals surface area contributed by atoms with Crippen molar-refractivity contribution in [1.82, 2.24) is 16.0 Å². The third kappa shape index (κ3) is 47.2. The second-order valence-corrected chi connectivity index (χ2v) is 17.5. The number of ether oxygens (including phenoxy) is 4. The summed E-state index contributed by atoms with van der Waals surface area (Å²) >= 11 is 0. The molecule has 0 bridgehead atoms. The monoisotopic (exact) mass is 1020 g/mol. The van der Waals surface area contributed by atoms with Gasteiger partial charge in [-0.15, -0.1) is 0 Å². The average molecular weight is 1020 g/mol. The van der Waals surface area contributed by atoms with Crippen molar-refractivity contribution in [3.63, 3.8) is 0 Å². The first-order valence-corrected chi connectivity index (χ1v) is 25.4. The number of unbranched alkanes of at least 4 members (excludes halogenated alkanes) is 13. The minimum atomic E-state index is -1.29. The van der Waals surface area contributed by atoms with E-state index in [0.717, 1.165) is 44.9 Å². The topological polar surface area (TPSA) is 325 Å². The number of Topliss-reactive ketones (excluding diaryl/α,β-unsaturated/α-hetero) is 3. The van der Waals surface area contributed by atoms with Crippen molar-refractivity contribution >= 4 is 58.9 Å². The van der Waals surface area contributed by atoms with Crippen molar-refractivity contribution in [2.75, 3.05) is 59.9 Å². The van der Waals surface area contributed by atoms with Crippen LogP contribution in [0.5, 0.6) is 0 Å². The fraction of sp³-hybridized carbons (Fsp3) is 0.800. The van der Waals surface area contributed by atoms with Crippen LogP contribution < -0.4 is 16.0 Å².